The van der Waals surface area contributed by atoms with Crippen LogP contribution in [-0.2, 0) is 21.4 Å². The molecule has 0 spiro atoms. The van der Waals surface area contributed by atoms with Gasteiger partial charge in [0.05, 0.1) is 17.4 Å². The lowest BCUT2D eigenvalue weighted by Crippen LogP contribution is -2.44. The van der Waals surface area contributed by atoms with Gasteiger partial charge in [0, 0.05) is 23.9 Å². The van der Waals surface area contributed by atoms with Gasteiger partial charge in [0.1, 0.15) is 10.7 Å². The number of nitrogens with one attached hydrogen (secondary N) is 2. The van der Waals surface area contributed by atoms with Crippen LogP contribution in [0, 0.1) is 5.82 Å². The quantitative estimate of drug-likeness (QED) is 0.404. The Bertz CT molecular complexity index is 1390. The van der Waals surface area contributed by atoms with Gasteiger partial charge in [0.25, 0.3) is 0 Å². The molecule has 7 nitrogen and oxygen atoms in total. The van der Waals surface area contributed by atoms with E-state index in [-0.39, 0.29) is 6.54 Å². The number of hydrogen-bond acceptors (Lipinski definition) is 4. The van der Waals surface area contributed by atoms with Gasteiger partial charge < -0.3 is 5.32 Å². The van der Waals surface area contributed by atoms with Crippen LogP contribution < -0.4 is 10.0 Å². The third-order valence-electron chi connectivity index (χ3n) is 5.16. The largest absolute Gasteiger partial charge is 0.351 e. The van der Waals surface area contributed by atoms with Crippen molar-refractivity contribution < 1.29 is 17.6 Å². The first-order valence-corrected chi connectivity index (χ1v) is 12.1. The molecule has 0 saturated carbocycles. The highest BCUT2D eigenvalue weighted by atomic mass is 32.2. The summed E-state index contributed by atoms with van der Waals surface area (Å²) in [6.07, 6.45) is 1.83. The molecule has 3 aromatic carbocycles. The average Bonchev–Trinajstić information content (AvgIpc) is 3.28. The Balaban J connectivity index is 1.52. The first-order valence-electron chi connectivity index (χ1n) is 10.6. The molecule has 1 atom stereocenters. The first-order chi connectivity index (χ1) is 16.3. The number of carbonyl (C=O) groups excluding carboxylic acids is 1. The summed E-state index contributed by atoms with van der Waals surface area (Å²) in [5.74, 6) is -1.44. The molecule has 0 fully saturated rings. The van der Waals surface area contributed by atoms with Crippen molar-refractivity contribution in [3.05, 3.63) is 103 Å². The molecule has 9 heteroatoms. The van der Waals surface area contributed by atoms with Crippen LogP contribution in [0.25, 0.3) is 16.9 Å². The van der Waals surface area contributed by atoms with E-state index in [4.69, 9.17) is 5.10 Å². The zero-order valence-corrected chi connectivity index (χ0v) is 19.2. The van der Waals surface area contributed by atoms with Crippen molar-refractivity contribution in [3.8, 4) is 16.9 Å². The number of amides is 1. The van der Waals surface area contributed by atoms with Crippen molar-refractivity contribution in [3.63, 3.8) is 0 Å². The van der Waals surface area contributed by atoms with E-state index in [1.54, 1.807) is 4.68 Å². The summed E-state index contributed by atoms with van der Waals surface area (Å²) in [5.41, 5.74) is 3.20. The predicted molar refractivity (Wildman–Crippen MR) is 127 cm³/mol. The van der Waals surface area contributed by atoms with Gasteiger partial charge in [0.15, 0.2) is 0 Å². The second kappa shape index (κ2) is 9.98. The Labute approximate surface area is 197 Å². The minimum atomic E-state index is -4.20. The van der Waals surface area contributed by atoms with Crippen molar-refractivity contribution in [2.75, 3.05) is 0 Å². The van der Waals surface area contributed by atoms with E-state index in [0.29, 0.717) is 5.69 Å². The van der Waals surface area contributed by atoms with Crippen LogP contribution in [-0.4, -0.2) is 30.1 Å². The molecule has 1 unspecified atom stereocenters. The summed E-state index contributed by atoms with van der Waals surface area (Å²) in [6, 6.07) is 23.0. The first kappa shape index (κ1) is 23.3. The number of sulfonamides is 1. The average molecular weight is 479 g/mol. The number of rotatable bonds is 8. The van der Waals surface area contributed by atoms with Gasteiger partial charge in [-0.15, -0.1) is 0 Å². The molecule has 0 saturated heterocycles. The van der Waals surface area contributed by atoms with Gasteiger partial charge in [-0.05, 0) is 31.2 Å². The van der Waals surface area contributed by atoms with Gasteiger partial charge in [-0.25, -0.2) is 17.5 Å². The molecule has 4 rings (SSSR count). The molecule has 0 radical (unpaired) electrons. The topological polar surface area (TPSA) is 93.1 Å². The Kier molecular flexibility index (Phi) is 6.85. The maximum absolute atomic E-state index is 13.9. The molecular formula is C25H23FN4O3S. The van der Waals surface area contributed by atoms with Gasteiger partial charge >= 0.3 is 0 Å². The summed E-state index contributed by atoms with van der Waals surface area (Å²) in [4.78, 5) is 12.2. The van der Waals surface area contributed by atoms with Crippen LogP contribution in [0.4, 0.5) is 4.39 Å². The maximum atomic E-state index is 13.9. The second-order valence-corrected chi connectivity index (χ2v) is 9.32. The van der Waals surface area contributed by atoms with Crippen molar-refractivity contribution in [1.82, 2.24) is 19.8 Å². The highest BCUT2D eigenvalue weighted by Crippen LogP contribution is 2.23. The van der Waals surface area contributed by atoms with Crippen LogP contribution in [0.2, 0.25) is 0 Å². The highest BCUT2D eigenvalue weighted by molar-refractivity contribution is 7.89. The summed E-state index contributed by atoms with van der Waals surface area (Å²) < 4.78 is 42.9. The Hall–Kier alpha value is -3.82. The number of nitrogens with zero attached hydrogens (tertiary/aromatic N) is 2. The molecule has 4 aromatic rings. The smallest absolute Gasteiger partial charge is 0.244 e. The van der Waals surface area contributed by atoms with Gasteiger partial charge in [-0.2, -0.15) is 9.82 Å². The van der Waals surface area contributed by atoms with E-state index in [9.17, 15) is 17.6 Å². The molecular weight excluding hydrogens is 455 g/mol. The lowest BCUT2D eigenvalue weighted by molar-refractivity contribution is -0.122. The van der Waals surface area contributed by atoms with E-state index in [1.165, 1.54) is 19.1 Å². The molecule has 1 amide bonds. The summed E-state index contributed by atoms with van der Waals surface area (Å²) in [5, 5.41) is 7.44. The van der Waals surface area contributed by atoms with E-state index < -0.39 is 32.7 Å². The zero-order chi connectivity index (χ0) is 24.1. The summed E-state index contributed by atoms with van der Waals surface area (Å²) in [7, 11) is -4.20. The third-order valence-corrected chi connectivity index (χ3v) is 6.74. The fourth-order valence-corrected chi connectivity index (χ4v) is 4.72. The maximum Gasteiger partial charge on any atom is 0.244 e. The molecule has 0 aliphatic rings. The number of benzene rings is 3. The molecule has 1 heterocycles. The summed E-state index contributed by atoms with van der Waals surface area (Å²) in [6.45, 7) is 1.53. The molecule has 2 N–H and O–H groups in total. The summed E-state index contributed by atoms with van der Waals surface area (Å²) >= 11 is 0. The lowest BCUT2D eigenvalue weighted by atomic mass is 10.1. The monoisotopic (exact) mass is 478 g/mol. The fraction of sp³-hybridized carbons (Fsp3) is 0.120. The molecule has 0 aliphatic heterocycles. The number of aromatic nitrogens is 2. The Morgan fingerprint density at radius 3 is 2.26 bits per heavy atom. The molecule has 1 aromatic heterocycles. The third kappa shape index (κ3) is 5.22. The minimum Gasteiger partial charge on any atom is -0.351 e. The van der Waals surface area contributed by atoms with E-state index in [2.05, 4.69) is 10.0 Å². The minimum absolute atomic E-state index is 0.127. The highest BCUT2D eigenvalue weighted by Gasteiger charge is 2.24. The zero-order valence-electron chi connectivity index (χ0n) is 18.4. The number of hydrogen-bond donors (Lipinski definition) is 2. The van der Waals surface area contributed by atoms with Gasteiger partial charge in [-0.1, -0.05) is 60.7 Å². The SMILES string of the molecule is CC(NS(=O)(=O)c1ccccc1F)C(=O)NCc1cn(-c2ccccc2)nc1-c1ccccc1. The Morgan fingerprint density at radius 2 is 1.59 bits per heavy atom. The number of carbonyl (C=O) groups is 1. The Morgan fingerprint density at radius 1 is 0.971 bits per heavy atom. The van der Waals surface area contributed by atoms with E-state index in [0.717, 1.165) is 28.9 Å². The second-order valence-electron chi connectivity index (χ2n) is 7.64. The van der Waals surface area contributed by atoms with Crippen molar-refractivity contribution in [2.24, 2.45) is 0 Å². The molecule has 174 valence electrons. The number of para-hydroxylation sites is 1. The predicted octanol–water partition coefficient (Wildman–Crippen LogP) is 3.66. The van der Waals surface area contributed by atoms with Crippen LogP contribution in [0.5, 0.6) is 0 Å². The van der Waals surface area contributed by atoms with E-state index in [1.807, 2.05) is 66.9 Å². The van der Waals surface area contributed by atoms with Crippen molar-refractivity contribution in [1.29, 1.82) is 0 Å². The van der Waals surface area contributed by atoms with Crippen molar-refractivity contribution in [2.45, 2.75) is 24.4 Å². The molecule has 0 aliphatic carbocycles. The van der Waals surface area contributed by atoms with Crippen LogP contribution >= 0.6 is 0 Å². The van der Waals surface area contributed by atoms with Crippen LogP contribution in [0.15, 0.2) is 96.0 Å². The fourth-order valence-electron chi connectivity index (χ4n) is 3.44. The van der Waals surface area contributed by atoms with Gasteiger partial charge in [0.2, 0.25) is 15.9 Å². The van der Waals surface area contributed by atoms with Crippen molar-refractivity contribution >= 4 is 15.9 Å². The molecule has 0 bridgehead atoms. The molecule has 34 heavy (non-hydrogen) atoms. The number of halogens is 1. The van der Waals surface area contributed by atoms with Gasteiger partial charge in [-0.3, -0.25) is 4.79 Å². The van der Waals surface area contributed by atoms with E-state index >= 15 is 0 Å². The van der Waals surface area contributed by atoms with Crippen LogP contribution in [0.1, 0.15) is 12.5 Å². The lowest BCUT2D eigenvalue weighted by Gasteiger charge is -2.15. The van der Waals surface area contributed by atoms with Crippen LogP contribution in [0.3, 0.4) is 0 Å². The standard InChI is InChI=1S/C25H23FN4O3S/c1-18(29-34(32,33)23-15-9-8-14-22(23)26)25(31)27-16-20-17-30(21-12-6-3-7-13-21)28-24(20)19-10-4-2-5-11-19/h2-15,17-18,29H,16H2,1H3,(H,27,31). The normalized spacial score (nSPS) is 12.3.